The van der Waals surface area contributed by atoms with Crippen LogP contribution in [0.15, 0.2) is 0 Å². The molecule has 3 aliphatic rings. The zero-order chi connectivity index (χ0) is 12.5. The van der Waals surface area contributed by atoms with Gasteiger partial charge < -0.3 is 5.32 Å². The second-order valence-electron chi connectivity index (χ2n) is 6.97. The van der Waals surface area contributed by atoms with E-state index in [-0.39, 0.29) is 0 Å². The number of rotatable bonds is 3. The van der Waals surface area contributed by atoms with Crippen LogP contribution in [0, 0.1) is 23.7 Å². The Labute approximate surface area is 111 Å². The molecule has 3 atom stereocenters. The minimum atomic E-state index is 0.349. The van der Waals surface area contributed by atoms with Gasteiger partial charge in [0.25, 0.3) is 0 Å². The van der Waals surface area contributed by atoms with Crippen molar-refractivity contribution in [1.29, 1.82) is 0 Å². The van der Waals surface area contributed by atoms with Crippen molar-refractivity contribution in [3.63, 3.8) is 0 Å². The van der Waals surface area contributed by atoms with E-state index in [1.54, 1.807) is 0 Å². The maximum absolute atomic E-state index is 12.2. The first kappa shape index (κ1) is 12.5. The van der Waals surface area contributed by atoms with Gasteiger partial charge in [0, 0.05) is 12.0 Å². The summed E-state index contributed by atoms with van der Waals surface area (Å²) in [5.41, 5.74) is 0. The Morgan fingerprint density at radius 3 is 2.22 bits per heavy atom. The monoisotopic (exact) mass is 249 g/mol. The molecule has 3 saturated carbocycles. The molecular weight excluding hydrogens is 222 g/mol. The van der Waals surface area contributed by atoms with Crippen LogP contribution < -0.4 is 5.32 Å². The van der Waals surface area contributed by atoms with E-state index in [9.17, 15) is 4.79 Å². The first-order chi connectivity index (χ1) is 8.74. The van der Waals surface area contributed by atoms with Gasteiger partial charge in [-0.15, -0.1) is 0 Å². The first-order valence-electron chi connectivity index (χ1n) is 8.04. The summed E-state index contributed by atoms with van der Waals surface area (Å²) in [5, 5.41) is 3.32. The zero-order valence-electron chi connectivity index (χ0n) is 11.7. The quantitative estimate of drug-likeness (QED) is 0.762. The molecule has 1 N–H and O–H groups in total. The fraction of sp³-hybridized carbons (Fsp3) is 0.938. The summed E-state index contributed by atoms with van der Waals surface area (Å²) in [7, 11) is 0. The summed E-state index contributed by atoms with van der Waals surface area (Å²) < 4.78 is 0. The van der Waals surface area contributed by atoms with Crippen LogP contribution in [0.2, 0.25) is 0 Å². The maximum atomic E-state index is 12.2. The van der Waals surface area contributed by atoms with Gasteiger partial charge in [0.2, 0.25) is 5.91 Å². The van der Waals surface area contributed by atoms with Crippen molar-refractivity contribution in [2.24, 2.45) is 23.7 Å². The van der Waals surface area contributed by atoms with E-state index in [0.717, 1.165) is 17.8 Å². The Kier molecular flexibility index (Phi) is 3.63. The van der Waals surface area contributed by atoms with E-state index in [1.807, 2.05) is 0 Å². The van der Waals surface area contributed by atoms with Crippen LogP contribution in [0.3, 0.4) is 0 Å². The number of hydrogen-bond donors (Lipinski definition) is 1. The Hall–Kier alpha value is -0.530. The van der Waals surface area contributed by atoms with Crippen molar-refractivity contribution >= 4 is 5.91 Å². The van der Waals surface area contributed by atoms with Gasteiger partial charge in [0.15, 0.2) is 0 Å². The molecule has 0 aliphatic heterocycles. The highest BCUT2D eigenvalue weighted by molar-refractivity contribution is 5.79. The highest BCUT2D eigenvalue weighted by Gasteiger charge is 2.48. The molecule has 0 bridgehead atoms. The SMILES string of the molecule is C[C@@H](NC(=O)C1CC2CC2C1)C1CCCCCC1. The second kappa shape index (κ2) is 5.22. The van der Waals surface area contributed by atoms with Crippen molar-refractivity contribution in [2.45, 2.75) is 70.8 Å². The van der Waals surface area contributed by atoms with Crippen molar-refractivity contribution in [3.8, 4) is 0 Å². The third-order valence-electron chi connectivity index (χ3n) is 5.59. The Morgan fingerprint density at radius 2 is 1.61 bits per heavy atom. The Bertz CT molecular complexity index is 296. The lowest BCUT2D eigenvalue weighted by Gasteiger charge is -2.25. The number of nitrogens with one attached hydrogen (secondary N) is 1. The summed E-state index contributed by atoms with van der Waals surface area (Å²) in [4.78, 5) is 12.2. The lowest BCUT2D eigenvalue weighted by Crippen LogP contribution is -2.41. The predicted octanol–water partition coefficient (Wildman–Crippen LogP) is 3.51. The molecule has 0 heterocycles. The number of amides is 1. The van der Waals surface area contributed by atoms with Gasteiger partial charge in [0.1, 0.15) is 0 Å². The van der Waals surface area contributed by atoms with Crippen molar-refractivity contribution < 1.29 is 4.79 Å². The average Bonchev–Trinajstić information content (AvgIpc) is 3.06. The summed E-state index contributed by atoms with van der Waals surface area (Å²) in [6, 6.07) is 0.396. The van der Waals surface area contributed by atoms with Gasteiger partial charge in [-0.2, -0.15) is 0 Å². The molecular formula is C16H27NO. The highest BCUT2D eigenvalue weighted by Crippen LogP contribution is 2.54. The molecule has 1 amide bonds. The van der Waals surface area contributed by atoms with Crippen molar-refractivity contribution in [2.75, 3.05) is 0 Å². The fourth-order valence-electron chi connectivity index (χ4n) is 4.20. The molecule has 18 heavy (non-hydrogen) atoms. The Balaban J connectivity index is 1.47. The Morgan fingerprint density at radius 1 is 1.00 bits per heavy atom. The van der Waals surface area contributed by atoms with Crippen LogP contribution in [0.4, 0.5) is 0 Å². The molecule has 0 spiro atoms. The van der Waals surface area contributed by atoms with Gasteiger partial charge in [0.05, 0.1) is 0 Å². The third-order valence-corrected chi connectivity index (χ3v) is 5.59. The average molecular weight is 249 g/mol. The molecule has 3 rings (SSSR count). The van der Waals surface area contributed by atoms with Crippen LogP contribution in [0.5, 0.6) is 0 Å². The lowest BCUT2D eigenvalue weighted by molar-refractivity contribution is -0.126. The fourth-order valence-corrected chi connectivity index (χ4v) is 4.20. The molecule has 0 saturated heterocycles. The second-order valence-corrected chi connectivity index (χ2v) is 6.97. The molecule has 102 valence electrons. The minimum absolute atomic E-state index is 0.349. The maximum Gasteiger partial charge on any atom is 0.223 e. The molecule has 0 radical (unpaired) electrons. The number of carbonyl (C=O) groups excluding carboxylic acids is 1. The topological polar surface area (TPSA) is 29.1 Å². The molecule has 3 fully saturated rings. The number of fused-ring (bicyclic) bond motifs is 1. The van der Waals surface area contributed by atoms with Gasteiger partial charge in [-0.1, -0.05) is 25.7 Å². The van der Waals surface area contributed by atoms with Crippen molar-refractivity contribution in [1.82, 2.24) is 5.32 Å². The molecule has 2 heteroatoms. The molecule has 3 aliphatic carbocycles. The predicted molar refractivity (Wildman–Crippen MR) is 73.1 cm³/mol. The molecule has 0 aromatic rings. The molecule has 2 nitrogen and oxygen atoms in total. The largest absolute Gasteiger partial charge is 0.353 e. The van der Waals surface area contributed by atoms with Crippen LogP contribution >= 0.6 is 0 Å². The van der Waals surface area contributed by atoms with Gasteiger partial charge in [-0.3, -0.25) is 4.79 Å². The smallest absolute Gasteiger partial charge is 0.223 e. The molecule has 0 aromatic carbocycles. The summed E-state index contributed by atoms with van der Waals surface area (Å²) in [6.07, 6.45) is 11.9. The van der Waals surface area contributed by atoms with Gasteiger partial charge in [-0.05, 0) is 56.8 Å². The summed E-state index contributed by atoms with van der Waals surface area (Å²) in [5.74, 6) is 3.26. The van der Waals surface area contributed by atoms with E-state index in [0.29, 0.717) is 17.9 Å². The first-order valence-corrected chi connectivity index (χ1v) is 8.04. The van der Waals surface area contributed by atoms with E-state index >= 15 is 0 Å². The van der Waals surface area contributed by atoms with Crippen molar-refractivity contribution in [3.05, 3.63) is 0 Å². The molecule has 0 aromatic heterocycles. The number of carbonyl (C=O) groups is 1. The normalized spacial score (nSPS) is 37.7. The molecule has 2 unspecified atom stereocenters. The van der Waals surface area contributed by atoms with Crippen LogP contribution in [-0.2, 0) is 4.79 Å². The lowest BCUT2D eigenvalue weighted by atomic mass is 9.92. The van der Waals surface area contributed by atoms with E-state index in [1.165, 1.54) is 57.8 Å². The zero-order valence-corrected chi connectivity index (χ0v) is 11.7. The summed E-state index contributed by atoms with van der Waals surface area (Å²) in [6.45, 7) is 2.23. The standard InChI is InChI=1S/C16H27NO/c1-11(12-6-4-2-3-5-7-12)17-16(18)15-9-13-8-14(13)10-15/h11-15H,2-10H2,1H3,(H,17,18)/t11-,13?,14?,15?/m1/s1. The van der Waals surface area contributed by atoms with Crippen LogP contribution in [0.25, 0.3) is 0 Å². The third kappa shape index (κ3) is 2.73. The highest BCUT2D eigenvalue weighted by atomic mass is 16.1. The van der Waals surface area contributed by atoms with Crippen LogP contribution in [0.1, 0.15) is 64.7 Å². The van der Waals surface area contributed by atoms with Gasteiger partial charge in [-0.25, -0.2) is 0 Å². The van der Waals surface area contributed by atoms with E-state index < -0.39 is 0 Å². The van der Waals surface area contributed by atoms with Crippen LogP contribution in [-0.4, -0.2) is 11.9 Å². The van der Waals surface area contributed by atoms with E-state index in [2.05, 4.69) is 12.2 Å². The number of hydrogen-bond acceptors (Lipinski definition) is 1. The van der Waals surface area contributed by atoms with E-state index in [4.69, 9.17) is 0 Å². The summed E-state index contributed by atoms with van der Waals surface area (Å²) >= 11 is 0. The minimum Gasteiger partial charge on any atom is -0.353 e. The van der Waals surface area contributed by atoms with Gasteiger partial charge >= 0.3 is 0 Å².